The first-order valence-corrected chi connectivity index (χ1v) is 5.45. The summed E-state index contributed by atoms with van der Waals surface area (Å²) < 4.78 is 9.63. The maximum absolute atomic E-state index is 11.7. The number of urea groups is 1. The van der Waals surface area contributed by atoms with Crippen LogP contribution in [0.15, 0.2) is 0 Å². The van der Waals surface area contributed by atoms with Crippen molar-refractivity contribution in [2.24, 2.45) is 0 Å². The fourth-order valence-electron chi connectivity index (χ4n) is 1.40. The van der Waals surface area contributed by atoms with Crippen molar-refractivity contribution in [2.75, 3.05) is 32.7 Å². The molecule has 0 spiro atoms. The van der Waals surface area contributed by atoms with Crippen molar-refractivity contribution >= 4 is 29.5 Å². The van der Waals surface area contributed by atoms with Crippen LogP contribution in [0, 0.1) is 0 Å². The third kappa shape index (κ3) is 3.57. The molecule has 1 rings (SSSR count). The molecule has 1 aliphatic heterocycles. The van der Waals surface area contributed by atoms with E-state index in [1.165, 1.54) is 12.0 Å². The molecule has 0 aliphatic carbocycles. The molecule has 0 aromatic heterocycles. The van der Waals surface area contributed by atoms with Crippen molar-refractivity contribution in [3.8, 4) is 0 Å². The molecule has 1 heterocycles. The second-order valence-electron chi connectivity index (χ2n) is 3.29. The number of hydrogen-bond donors (Lipinski definition) is 1. The first kappa shape index (κ1) is 13.7. The van der Waals surface area contributed by atoms with E-state index in [1.54, 1.807) is 0 Å². The second-order valence-corrected chi connectivity index (χ2v) is 3.56. The number of halogens is 1. The van der Waals surface area contributed by atoms with E-state index >= 15 is 0 Å². The SMILES string of the molecule is COC(=O)C1COCCN1C(=O)NC(=O)CCl. The van der Waals surface area contributed by atoms with Crippen LogP contribution in [0.2, 0.25) is 0 Å². The van der Waals surface area contributed by atoms with E-state index < -0.39 is 23.9 Å². The van der Waals surface area contributed by atoms with Crippen LogP contribution in [0.5, 0.6) is 0 Å². The van der Waals surface area contributed by atoms with Crippen molar-refractivity contribution in [2.45, 2.75) is 6.04 Å². The zero-order valence-electron chi connectivity index (χ0n) is 9.27. The Morgan fingerprint density at radius 2 is 2.24 bits per heavy atom. The number of esters is 1. The Hall–Kier alpha value is -1.34. The number of nitrogens with one attached hydrogen (secondary N) is 1. The molecule has 1 aliphatic rings. The van der Waals surface area contributed by atoms with Gasteiger partial charge in [0.05, 0.1) is 20.3 Å². The lowest BCUT2D eigenvalue weighted by Gasteiger charge is -2.33. The smallest absolute Gasteiger partial charge is 0.331 e. The first-order valence-electron chi connectivity index (χ1n) is 4.92. The molecule has 1 N–H and O–H groups in total. The van der Waals surface area contributed by atoms with E-state index in [0.29, 0.717) is 6.61 Å². The number of amides is 3. The summed E-state index contributed by atoms with van der Waals surface area (Å²) in [6.45, 7) is 0.562. The molecular weight excluding hydrogens is 252 g/mol. The van der Waals surface area contributed by atoms with Crippen LogP contribution in [-0.4, -0.2) is 61.6 Å². The van der Waals surface area contributed by atoms with Gasteiger partial charge in [0.2, 0.25) is 5.91 Å². The molecule has 1 fully saturated rings. The Labute approximate surface area is 103 Å². The highest BCUT2D eigenvalue weighted by Crippen LogP contribution is 2.08. The number of hydrogen-bond acceptors (Lipinski definition) is 5. The molecule has 0 saturated carbocycles. The van der Waals surface area contributed by atoms with Crippen molar-refractivity contribution in [1.82, 2.24) is 10.2 Å². The van der Waals surface area contributed by atoms with Gasteiger partial charge in [-0.05, 0) is 0 Å². The van der Waals surface area contributed by atoms with Crippen molar-refractivity contribution in [3.05, 3.63) is 0 Å². The van der Waals surface area contributed by atoms with Crippen LogP contribution in [0.4, 0.5) is 4.79 Å². The lowest BCUT2D eigenvalue weighted by Crippen LogP contribution is -2.56. The van der Waals surface area contributed by atoms with E-state index in [1.807, 2.05) is 0 Å². The predicted molar refractivity (Wildman–Crippen MR) is 57.6 cm³/mol. The monoisotopic (exact) mass is 264 g/mol. The Morgan fingerprint density at radius 1 is 1.53 bits per heavy atom. The molecule has 1 saturated heterocycles. The number of imide groups is 1. The van der Waals surface area contributed by atoms with Gasteiger partial charge < -0.3 is 14.4 Å². The molecule has 0 aromatic carbocycles. The molecule has 7 nitrogen and oxygen atoms in total. The molecule has 17 heavy (non-hydrogen) atoms. The second kappa shape index (κ2) is 6.41. The molecule has 0 radical (unpaired) electrons. The minimum Gasteiger partial charge on any atom is -0.467 e. The average Bonchev–Trinajstić information content (AvgIpc) is 2.37. The summed E-state index contributed by atoms with van der Waals surface area (Å²) >= 11 is 5.26. The Kier molecular flexibility index (Phi) is 5.17. The molecule has 1 atom stereocenters. The number of morpholine rings is 1. The summed E-state index contributed by atoms with van der Waals surface area (Å²) in [6, 6.07) is -1.51. The van der Waals surface area contributed by atoms with E-state index in [9.17, 15) is 14.4 Å². The van der Waals surface area contributed by atoms with Crippen LogP contribution >= 0.6 is 11.6 Å². The minimum atomic E-state index is -0.836. The van der Waals surface area contributed by atoms with Gasteiger partial charge in [-0.2, -0.15) is 0 Å². The van der Waals surface area contributed by atoms with E-state index in [2.05, 4.69) is 10.1 Å². The lowest BCUT2D eigenvalue weighted by atomic mass is 10.2. The molecule has 8 heteroatoms. The van der Waals surface area contributed by atoms with Gasteiger partial charge >= 0.3 is 12.0 Å². The van der Waals surface area contributed by atoms with Crippen molar-refractivity contribution in [1.29, 1.82) is 0 Å². The third-order valence-corrected chi connectivity index (χ3v) is 2.47. The predicted octanol–water partition coefficient (Wildman–Crippen LogP) is -0.665. The van der Waals surface area contributed by atoms with Crippen LogP contribution in [0.1, 0.15) is 0 Å². The summed E-state index contributed by atoms with van der Waals surface area (Å²) in [5.74, 6) is -1.52. The zero-order valence-corrected chi connectivity index (χ0v) is 10.0. The van der Waals surface area contributed by atoms with Gasteiger partial charge in [0.25, 0.3) is 0 Å². The Morgan fingerprint density at radius 3 is 2.82 bits per heavy atom. The number of carbonyl (C=O) groups excluding carboxylic acids is 3. The number of rotatable bonds is 2. The summed E-state index contributed by atoms with van der Waals surface area (Å²) in [5.41, 5.74) is 0. The fraction of sp³-hybridized carbons (Fsp3) is 0.667. The summed E-state index contributed by atoms with van der Waals surface area (Å²) in [4.78, 5) is 35.2. The van der Waals surface area contributed by atoms with Gasteiger partial charge in [-0.25, -0.2) is 9.59 Å². The van der Waals surface area contributed by atoms with Gasteiger partial charge in [0.15, 0.2) is 6.04 Å². The molecule has 1 unspecified atom stereocenters. The molecule has 96 valence electrons. The topological polar surface area (TPSA) is 84.9 Å². The quantitative estimate of drug-likeness (QED) is 0.528. The summed E-state index contributed by atoms with van der Waals surface area (Å²) in [6.07, 6.45) is 0. The van der Waals surface area contributed by atoms with Crippen LogP contribution in [-0.2, 0) is 19.1 Å². The Balaban J connectivity index is 2.67. The highest BCUT2D eigenvalue weighted by atomic mass is 35.5. The lowest BCUT2D eigenvalue weighted by molar-refractivity contribution is -0.151. The maximum atomic E-state index is 11.7. The number of alkyl halides is 1. The number of nitrogens with zero attached hydrogens (tertiary/aromatic N) is 1. The van der Waals surface area contributed by atoms with Crippen LogP contribution in [0.25, 0.3) is 0 Å². The van der Waals surface area contributed by atoms with Gasteiger partial charge in [-0.15, -0.1) is 11.6 Å². The Bertz CT molecular complexity index is 323. The fourth-order valence-corrected chi connectivity index (χ4v) is 1.47. The molecule has 3 amide bonds. The van der Waals surface area contributed by atoms with Gasteiger partial charge in [0, 0.05) is 6.54 Å². The summed E-state index contributed by atoms with van der Waals surface area (Å²) in [5, 5.41) is 2.06. The van der Waals surface area contributed by atoms with Crippen molar-refractivity contribution < 1.29 is 23.9 Å². The van der Waals surface area contributed by atoms with Gasteiger partial charge in [-0.3, -0.25) is 10.1 Å². The molecule has 0 bridgehead atoms. The highest BCUT2D eigenvalue weighted by molar-refractivity contribution is 6.28. The maximum Gasteiger partial charge on any atom is 0.331 e. The third-order valence-electron chi connectivity index (χ3n) is 2.23. The molecule has 0 aromatic rings. The van der Waals surface area contributed by atoms with Crippen molar-refractivity contribution in [3.63, 3.8) is 0 Å². The average molecular weight is 265 g/mol. The normalized spacial score (nSPS) is 19.6. The van der Waals surface area contributed by atoms with Gasteiger partial charge in [-0.1, -0.05) is 0 Å². The molecular formula is C9H13ClN2O5. The summed E-state index contributed by atoms with van der Waals surface area (Å²) in [7, 11) is 1.22. The first-order chi connectivity index (χ1) is 8.10. The van der Waals surface area contributed by atoms with Crippen LogP contribution < -0.4 is 5.32 Å². The minimum absolute atomic E-state index is 0.0508. The number of methoxy groups -OCH3 is 1. The number of carbonyl (C=O) groups is 3. The van der Waals surface area contributed by atoms with Crippen LogP contribution in [0.3, 0.4) is 0 Å². The van der Waals surface area contributed by atoms with Gasteiger partial charge in [0.1, 0.15) is 5.88 Å². The largest absolute Gasteiger partial charge is 0.467 e. The van der Waals surface area contributed by atoms with E-state index in [0.717, 1.165) is 0 Å². The standard InChI is InChI=1S/C9H13ClN2O5/c1-16-8(14)6-5-17-3-2-12(6)9(15)11-7(13)4-10/h6H,2-5H2,1H3,(H,11,13,15). The highest BCUT2D eigenvalue weighted by Gasteiger charge is 2.34. The van der Waals surface area contributed by atoms with E-state index in [4.69, 9.17) is 16.3 Å². The zero-order chi connectivity index (χ0) is 12.8. The number of ether oxygens (including phenoxy) is 2. The van der Waals surface area contributed by atoms with E-state index in [-0.39, 0.29) is 19.0 Å².